The van der Waals surface area contributed by atoms with Gasteiger partial charge in [0, 0.05) is 54.7 Å². The Bertz CT molecular complexity index is 1560. The van der Waals surface area contributed by atoms with Crippen LogP contribution in [-0.4, -0.2) is 74.9 Å². The molecule has 9 heteroatoms. The van der Waals surface area contributed by atoms with Gasteiger partial charge < -0.3 is 14.5 Å². The van der Waals surface area contributed by atoms with Crippen LogP contribution in [0.25, 0.3) is 17.1 Å². The summed E-state index contributed by atoms with van der Waals surface area (Å²) in [5.74, 6) is 2.46. The van der Waals surface area contributed by atoms with Gasteiger partial charge in [0.1, 0.15) is 5.75 Å². The average molecular weight is 640 g/mol. The number of rotatable bonds is 14. The lowest BCUT2D eigenvalue weighted by Crippen LogP contribution is -2.55. The van der Waals surface area contributed by atoms with Crippen LogP contribution >= 0.6 is 11.8 Å². The van der Waals surface area contributed by atoms with Crippen LogP contribution in [0.4, 0.5) is 0 Å². The van der Waals surface area contributed by atoms with E-state index in [1.54, 1.807) is 18.9 Å². The van der Waals surface area contributed by atoms with Crippen molar-refractivity contribution in [2.24, 2.45) is 0 Å². The molecule has 1 unspecified atom stereocenters. The number of carbonyl (C=O) groups is 2. The number of thioether (sulfide) groups is 1. The quantitative estimate of drug-likeness (QED) is 0.106. The SMILES string of the molecule is CCCCCCc1ccc(C(=O)N2CCN(C(=O)CCCSc3nnc(-c4ccccc4)n3-c3ccc(OC)cc3)CC2C)cc1. The standard InChI is InChI=1S/C37H45N5O3S/c1-4-5-6-8-12-29-16-18-31(19-17-29)36(44)41-25-24-40(27-28(41)2)34(43)15-11-26-46-37-39-38-35(30-13-9-7-10-14-30)42(37)32-20-22-33(45-3)23-21-32/h7,9-10,13-14,16-23,28H,4-6,8,11-12,15,24-27H2,1-3H3. The minimum Gasteiger partial charge on any atom is -0.497 e. The van der Waals surface area contributed by atoms with Gasteiger partial charge in [0.05, 0.1) is 7.11 Å². The predicted molar refractivity (Wildman–Crippen MR) is 185 cm³/mol. The average Bonchev–Trinajstić information content (AvgIpc) is 3.52. The van der Waals surface area contributed by atoms with Gasteiger partial charge >= 0.3 is 0 Å². The van der Waals surface area contributed by atoms with Gasteiger partial charge in [-0.15, -0.1) is 10.2 Å². The molecule has 3 aromatic carbocycles. The summed E-state index contributed by atoms with van der Waals surface area (Å²) in [5, 5.41) is 9.81. The van der Waals surface area contributed by atoms with Crippen LogP contribution in [0.5, 0.6) is 5.75 Å². The van der Waals surface area contributed by atoms with Gasteiger partial charge in [-0.2, -0.15) is 0 Å². The number of piperazine rings is 1. The van der Waals surface area contributed by atoms with Crippen LogP contribution in [0.3, 0.4) is 0 Å². The van der Waals surface area contributed by atoms with Gasteiger partial charge in [-0.05, 0) is 68.1 Å². The minimum atomic E-state index is -0.0345. The van der Waals surface area contributed by atoms with E-state index in [0.717, 1.165) is 52.1 Å². The smallest absolute Gasteiger partial charge is 0.254 e. The molecule has 0 aliphatic carbocycles. The van der Waals surface area contributed by atoms with Gasteiger partial charge in [-0.25, -0.2) is 0 Å². The first-order chi connectivity index (χ1) is 22.5. The third-order valence-corrected chi connectivity index (χ3v) is 9.54. The van der Waals surface area contributed by atoms with E-state index in [-0.39, 0.29) is 17.9 Å². The van der Waals surface area contributed by atoms with Crippen molar-refractivity contribution in [1.82, 2.24) is 24.6 Å². The zero-order valence-electron chi connectivity index (χ0n) is 27.2. The van der Waals surface area contributed by atoms with E-state index in [1.807, 2.05) is 83.5 Å². The first-order valence-electron chi connectivity index (χ1n) is 16.4. The van der Waals surface area contributed by atoms with Gasteiger partial charge in [0.15, 0.2) is 11.0 Å². The molecule has 242 valence electrons. The maximum atomic E-state index is 13.3. The third-order valence-electron chi connectivity index (χ3n) is 8.52. The fraction of sp³-hybridized carbons (Fsp3) is 0.405. The van der Waals surface area contributed by atoms with Crippen molar-refractivity contribution >= 4 is 23.6 Å². The Kier molecular flexibility index (Phi) is 11.9. The zero-order chi connectivity index (χ0) is 32.3. The van der Waals surface area contributed by atoms with Crippen molar-refractivity contribution in [2.75, 3.05) is 32.5 Å². The van der Waals surface area contributed by atoms with Crippen LogP contribution in [0.2, 0.25) is 0 Å². The second-order valence-electron chi connectivity index (χ2n) is 11.9. The van der Waals surface area contributed by atoms with Crippen LogP contribution in [0.15, 0.2) is 84.0 Å². The minimum absolute atomic E-state index is 0.0345. The summed E-state index contributed by atoms with van der Waals surface area (Å²) in [5.41, 5.74) is 3.93. The Morgan fingerprint density at radius 1 is 0.891 bits per heavy atom. The highest BCUT2D eigenvalue weighted by molar-refractivity contribution is 7.99. The molecule has 0 spiro atoms. The fourth-order valence-electron chi connectivity index (χ4n) is 5.87. The lowest BCUT2D eigenvalue weighted by molar-refractivity contribution is -0.133. The summed E-state index contributed by atoms with van der Waals surface area (Å²) in [6.07, 6.45) is 7.17. The summed E-state index contributed by atoms with van der Waals surface area (Å²) < 4.78 is 7.40. The van der Waals surface area contributed by atoms with E-state index in [0.29, 0.717) is 26.1 Å². The number of aryl methyl sites for hydroxylation is 1. The molecule has 2 heterocycles. The molecule has 1 aliphatic heterocycles. The summed E-state index contributed by atoms with van der Waals surface area (Å²) in [6, 6.07) is 25.9. The van der Waals surface area contributed by atoms with Gasteiger partial charge in [-0.3, -0.25) is 14.2 Å². The number of carbonyl (C=O) groups excluding carboxylic acids is 2. The normalized spacial score (nSPS) is 14.8. The molecule has 5 rings (SSSR count). The van der Waals surface area contributed by atoms with Gasteiger partial charge in [0.2, 0.25) is 5.91 Å². The van der Waals surface area contributed by atoms with Crippen molar-refractivity contribution in [3.05, 3.63) is 90.0 Å². The molecule has 1 fully saturated rings. The summed E-state index contributed by atoms with van der Waals surface area (Å²) in [7, 11) is 1.65. The highest BCUT2D eigenvalue weighted by Gasteiger charge is 2.30. The zero-order valence-corrected chi connectivity index (χ0v) is 28.0. The highest BCUT2D eigenvalue weighted by Crippen LogP contribution is 2.29. The first kappa shape index (κ1) is 33.3. The molecular weight excluding hydrogens is 595 g/mol. The molecular formula is C37H45N5O3S. The number of ether oxygens (including phenoxy) is 1. The van der Waals surface area contributed by atoms with Crippen LogP contribution in [0, 0.1) is 0 Å². The number of methoxy groups -OCH3 is 1. The van der Waals surface area contributed by atoms with Crippen LogP contribution in [0.1, 0.15) is 68.3 Å². The molecule has 1 aliphatic rings. The van der Waals surface area contributed by atoms with Crippen molar-refractivity contribution in [1.29, 1.82) is 0 Å². The summed E-state index contributed by atoms with van der Waals surface area (Å²) >= 11 is 1.60. The first-order valence-corrected chi connectivity index (χ1v) is 17.4. The number of aromatic nitrogens is 3. The molecule has 0 N–H and O–H groups in total. The van der Waals surface area contributed by atoms with E-state index in [4.69, 9.17) is 4.74 Å². The maximum Gasteiger partial charge on any atom is 0.254 e. The maximum absolute atomic E-state index is 13.3. The number of amides is 2. The summed E-state index contributed by atoms with van der Waals surface area (Å²) in [6.45, 7) is 5.92. The predicted octanol–water partition coefficient (Wildman–Crippen LogP) is 7.31. The Hall–Kier alpha value is -4.11. The number of unbranched alkanes of at least 4 members (excludes halogenated alkanes) is 3. The van der Waals surface area contributed by atoms with E-state index >= 15 is 0 Å². The lowest BCUT2D eigenvalue weighted by Gasteiger charge is -2.40. The molecule has 1 saturated heterocycles. The topological polar surface area (TPSA) is 80.6 Å². The lowest BCUT2D eigenvalue weighted by atomic mass is 10.0. The number of hydrogen-bond acceptors (Lipinski definition) is 6. The van der Waals surface area contributed by atoms with E-state index in [9.17, 15) is 9.59 Å². The molecule has 0 bridgehead atoms. The van der Waals surface area contributed by atoms with Crippen LogP contribution < -0.4 is 4.74 Å². The van der Waals surface area contributed by atoms with Crippen molar-refractivity contribution in [3.8, 4) is 22.8 Å². The van der Waals surface area contributed by atoms with Crippen molar-refractivity contribution < 1.29 is 14.3 Å². The largest absolute Gasteiger partial charge is 0.497 e. The van der Waals surface area contributed by atoms with E-state index in [1.165, 1.54) is 31.2 Å². The number of hydrogen-bond donors (Lipinski definition) is 0. The second-order valence-corrected chi connectivity index (χ2v) is 12.9. The van der Waals surface area contributed by atoms with Gasteiger partial charge in [-0.1, -0.05) is 80.4 Å². The molecule has 2 amide bonds. The summed E-state index contributed by atoms with van der Waals surface area (Å²) in [4.78, 5) is 30.3. The van der Waals surface area contributed by atoms with Gasteiger partial charge in [0.25, 0.3) is 5.91 Å². The Morgan fingerprint density at radius 3 is 2.35 bits per heavy atom. The molecule has 0 radical (unpaired) electrons. The second kappa shape index (κ2) is 16.5. The third kappa shape index (κ3) is 8.37. The van der Waals surface area contributed by atoms with E-state index in [2.05, 4.69) is 33.8 Å². The van der Waals surface area contributed by atoms with E-state index < -0.39 is 0 Å². The molecule has 1 aromatic heterocycles. The Balaban J connectivity index is 1.12. The molecule has 0 saturated carbocycles. The molecule has 4 aromatic rings. The number of benzene rings is 3. The van der Waals surface area contributed by atoms with Crippen molar-refractivity contribution in [2.45, 2.75) is 70.0 Å². The molecule has 8 nitrogen and oxygen atoms in total. The van der Waals surface area contributed by atoms with Crippen molar-refractivity contribution in [3.63, 3.8) is 0 Å². The molecule has 46 heavy (non-hydrogen) atoms. The monoisotopic (exact) mass is 639 g/mol. The Labute approximate surface area is 277 Å². The Morgan fingerprint density at radius 2 is 1.65 bits per heavy atom. The fourth-order valence-corrected chi connectivity index (χ4v) is 6.76. The molecule has 1 atom stereocenters. The van der Waals surface area contributed by atoms with Crippen LogP contribution in [-0.2, 0) is 11.2 Å². The highest BCUT2D eigenvalue weighted by atomic mass is 32.2. The number of nitrogens with zero attached hydrogens (tertiary/aromatic N) is 5.